The van der Waals surface area contributed by atoms with Crippen LogP contribution in [0.5, 0.6) is 0 Å². The van der Waals surface area contributed by atoms with Crippen LogP contribution in [0.4, 0.5) is 0 Å². The van der Waals surface area contributed by atoms with E-state index in [1.165, 1.54) is 25.7 Å². The van der Waals surface area contributed by atoms with Gasteiger partial charge in [0.15, 0.2) is 0 Å². The average molecular weight is 210 g/mol. The van der Waals surface area contributed by atoms with E-state index in [4.69, 9.17) is 4.74 Å². The van der Waals surface area contributed by atoms with Crippen LogP contribution in [0, 0.1) is 11.8 Å². The number of Topliss-reactive ketones (excluding diaryl/α,β-unsaturated/α-hetero) is 1. The Morgan fingerprint density at radius 1 is 1.07 bits per heavy atom. The van der Waals surface area contributed by atoms with Gasteiger partial charge in [0, 0.05) is 20.0 Å². The van der Waals surface area contributed by atoms with Crippen molar-refractivity contribution in [2.24, 2.45) is 11.8 Å². The van der Waals surface area contributed by atoms with Crippen LogP contribution in [0.15, 0.2) is 0 Å². The number of ether oxygens (including phenoxy) is 1. The van der Waals surface area contributed by atoms with E-state index in [0.29, 0.717) is 11.9 Å². The number of carbonyl (C=O) groups is 1. The fraction of sp³-hybridized carbons (Fsp3) is 0.923. The van der Waals surface area contributed by atoms with Gasteiger partial charge in [-0.15, -0.1) is 0 Å². The zero-order valence-electron chi connectivity index (χ0n) is 9.71. The van der Waals surface area contributed by atoms with E-state index in [-0.39, 0.29) is 0 Å². The van der Waals surface area contributed by atoms with Gasteiger partial charge in [0.1, 0.15) is 5.78 Å². The minimum absolute atomic E-state index is 0.347. The molecule has 0 radical (unpaired) electrons. The van der Waals surface area contributed by atoms with Crippen molar-refractivity contribution in [2.75, 3.05) is 7.11 Å². The first kappa shape index (κ1) is 11.1. The highest BCUT2D eigenvalue weighted by molar-refractivity contribution is 5.78. The van der Waals surface area contributed by atoms with Crippen LogP contribution in [0.3, 0.4) is 0 Å². The molecule has 3 atom stereocenters. The first-order chi connectivity index (χ1) is 7.31. The number of hydrogen-bond donors (Lipinski definition) is 0. The number of ketones is 1. The van der Waals surface area contributed by atoms with Crippen LogP contribution in [-0.2, 0) is 9.53 Å². The molecular formula is C13H22O2. The molecule has 15 heavy (non-hydrogen) atoms. The van der Waals surface area contributed by atoms with Crippen molar-refractivity contribution in [1.82, 2.24) is 0 Å². The molecule has 86 valence electrons. The van der Waals surface area contributed by atoms with Crippen molar-refractivity contribution in [3.05, 3.63) is 0 Å². The van der Waals surface area contributed by atoms with E-state index >= 15 is 0 Å². The van der Waals surface area contributed by atoms with E-state index in [0.717, 1.165) is 37.5 Å². The molecule has 2 aliphatic carbocycles. The fourth-order valence-electron chi connectivity index (χ4n) is 3.37. The number of hydrogen-bond acceptors (Lipinski definition) is 2. The van der Waals surface area contributed by atoms with Crippen molar-refractivity contribution in [3.63, 3.8) is 0 Å². The lowest BCUT2D eigenvalue weighted by Gasteiger charge is -2.38. The normalized spacial score (nSPS) is 37.9. The van der Waals surface area contributed by atoms with Gasteiger partial charge >= 0.3 is 0 Å². The Kier molecular flexibility index (Phi) is 3.79. The number of methoxy groups -OCH3 is 1. The molecule has 0 bridgehead atoms. The van der Waals surface area contributed by atoms with Gasteiger partial charge in [-0.1, -0.05) is 19.3 Å². The highest BCUT2D eigenvalue weighted by Crippen LogP contribution is 2.39. The lowest BCUT2D eigenvalue weighted by molar-refractivity contribution is -0.122. The van der Waals surface area contributed by atoms with Crippen LogP contribution >= 0.6 is 0 Å². The predicted molar refractivity (Wildman–Crippen MR) is 59.7 cm³/mol. The third kappa shape index (κ3) is 2.60. The summed E-state index contributed by atoms with van der Waals surface area (Å²) in [6.45, 7) is 0. The average Bonchev–Trinajstić information content (AvgIpc) is 2.26. The summed E-state index contributed by atoms with van der Waals surface area (Å²) < 4.78 is 5.59. The molecule has 0 aromatic carbocycles. The summed E-state index contributed by atoms with van der Waals surface area (Å²) in [7, 11) is 1.81. The lowest BCUT2D eigenvalue weighted by Crippen LogP contribution is -2.34. The van der Waals surface area contributed by atoms with E-state index in [1.807, 2.05) is 7.11 Å². The van der Waals surface area contributed by atoms with Gasteiger partial charge in [-0.2, -0.15) is 0 Å². The second-order valence-corrected chi connectivity index (χ2v) is 5.10. The monoisotopic (exact) mass is 210 g/mol. The quantitative estimate of drug-likeness (QED) is 0.665. The highest BCUT2D eigenvalue weighted by Gasteiger charge is 2.33. The van der Waals surface area contributed by atoms with Crippen LogP contribution in [0.2, 0.25) is 0 Å². The Bertz CT molecular complexity index is 213. The summed E-state index contributed by atoms with van der Waals surface area (Å²) in [5.41, 5.74) is 0. The molecule has 2 aliphatic rings. The molecule has 2 rings (SSSR count). The van der Waals surface area contributed by atoms with Crippen LogP contribution in [0.25, 0.3) is 0 Å². The zero-order valence-corrected chi connectivity index (χ0v) is 9.71. The molecule has 0 amide bonds. The smallest absolute Gasteiger partial charge is 0.133 e. The molecule has 2 fully saturated rings. The van der Waals surface area contributed by atoms with Gasteiger partial charge in [0.25, 0.3) is 0 Å². The largest absolute Gasteiger partial charge is 0.381 e. The van der Waals surface area contributed by atoms with Crippen molar-refractivity contribution < 1.29 is 9.53 Å². The molecule has 0 saturated heterocycles. The van der Waals surface area contributed by atoms with Gasteiger partial charge in [-0.05, 0) is 31.1 Å². The summed E-state index contributed by atoms with van der Waals surface area (Å²) >= 11 is 0. The fourth-order valence-corrected chi connectivity index (χ4v) is 3.37. The predicted octanol–water partition coefficient (Wildman–Crippen LogP) is 2.95. The zero-order chi connectivity index (χ0) is 10.7. The first-order valence-corrected chi connectivity index (χ1v) is 6.35. The first-order valence-electron chi connectivity index (χ1n) is 6.35. The molecule has 2 saturated carbocycles. The lowest BCUT2D eigenvalue weighted by atomic mass is 9.71. The van der Waals surface area contributed by atoms with E-state index in [2.05, 4.69) is 0 Å². The Labute approximate surface area is 92.4 Å². The summed E-state index contributed by atoms with van der Waals surface area (Å²) in [5.74, 6) is 1.94. The van der Waals surface area contributed by atoms with E-state index < -0.39 is 0 Å². The maximum atomic E-state index is 11.5. The van der Waals surface area contributed by atoms with Crippen LogP contribution in [0.1, 0.15) is 51.4 Å². The SMILES string of the molecule is CO[C@H]1CCC(=O)CC[C@H]2CCCC[C@@H]21. The Morgan fingerprint density at radius 2 is 1.80 bits per heavy atom. The molecule has 0 aromatic heterocycles. The van der Waals surface area contributed by atoms with E-state index in [9.17, 15) is 4.79 Å². The molecule has 2 nitrogen and oxygen atoms in total. The molecule has 0 aromatic rings. The molecule has 0 unspecified atom stereocenters. The summed E-state index contributed by atoms with van der Waals surface area (Å²) in [4.78, 5) is 11.5. The minimum Gasteiger partial charge on any atom is -0.381 e. The minimum atomic E-state index is 0.347. The Balaban J connectivity index is 2.05. The topological polar surface area (TPSA) is 26.3 Å². The second-order valence-electron chi connectivity index (χ2n) is 5.10. The number of rotatable bonds is 1. The standard InChI is InChI=1S/C13H22O2/c1-15-13-9-8-11(14)7-6-10-4-2-3-5-12(10)13/h10,12-13H,2-9H2,1H3/t10-,12+,13+/m1/s1. The maximum Gasteiger partial charge on any atom is 0.133 e. The second kappa shape index (κ2) is 5.11. The molecule has 0 aliphatic heterocycles. The van der Waals surface area contributed by atoms with Crippen LogP contribution in [-0.4, -0.2) is 19.0 Å². The number of carbonyl (C=O) groups excluding carboxylic acids is 1. The van der Waals surface area contributed by atoms with Gasteiger partial charge < -0.3 is 4.74 Å². The maximum absolute atomic E-state index is 11.5. The van der Waals surface area contributed by atoms with Gasteiger partial charge in [0.05, 0.1) is 6.10 Å². The third-order valence-electron chi connectivity index (χ3n) is 4.25. The summed E-state index contributed by atoms with van der Waals surface area (Å²) in [5, 5.41) is 0. The van der Waals surface area contributed by atoms with Crippen molar-refractivity contribution >= 4 is 5.78 Å². The third-order valence-corrected chi connectivity index (χ3v) is 4.25. The van der Waals surface area contributed by atoms with Gasteiger partial charge in [0.2, 0.25) is 0 Å². The summed E-state index contributed by atoms with van der Waals surface area (Å²) in [6, 6.07) is 0. The Morgan fingerprint density at radius 3 is 2.60 bits per heavy atom. The molecule has 2 heteroatoms. The molecule has 0 heterocycles. The summed E-state index contributed by atoms with van der Waals surface area (Å²) in [6.07, 6.45) is 9.31. The van der Waals surface area contributed by atoms with Gasteiger partial charge in [-0.25, -0.2) is 0 Å². The number of fused-ring (bicyclic) bond motifs is 1. The van der Waals surface area contributed by atoms with E-state index in [1.54, 1.807) is 0 Å². The Hall–Kier alpha value is -0.370. The molecule has 0 spiro atoms. The van der Waals surface area contributed by atoms with Crippen molar-refractivity contribution in [2.45, 2.75) is 57.5 Å². The van der Waals surface area contributed by atoms with Crippen molar-refractivity contribution in [3.8, 4) is 0 Å². The van der Waals surface area contributed by atoms with Gasteiger partial charge in [-0.3, -0.25) is 4.79 Å². The highest BCUT2D eigenvalue weighted by atomic mass is 16.5. The van der Waals surface area contributed by atoms with Crippen LogP contribution < -0.4 is 0 Å². The molecular weight excluding hydrogens is 188 g/mol. The van der Waals surface area contributed by atoms with Crippen molar-refractivity contribution in [1.29, 1.82) is 0 Å². The molecule has 0 N–H and O–H groups in total.